The summed E-state index contributed by atoms with van der Waals surface area (Å²) < 4.78 is 0. The number of piperidine rings is 1. The highest BCUT2D eigenvalue weighted by Gasteiger charge is 2.16. The minimum atomic E-state index is 0.751. The minimum absolute atomic E-state index is 0.751. The fourth-order valence-electron chi connectivity index (χ4n) is 2.47. The number of rotatable bonds is 7. The van der Waals surface area contributed by atoms with E-state index in [0.29, 0.717) is 0 Å². The lowest BCUT2D eigenvalue weighted by Gasteiger charge is -2.29. The van der Waals surface area contributed by atoms with Crippen LogP contribution in [0.15, 0.2) is 11.2 Å². The molecule has 1 aliphatic heterocycles. The summed E-state index contributed by atoms with van der Waals surface area (Å²) >= 11 is 1.58. The predicted molar refractivity (Wildman–Crippen MR) is 91.3 cm³/mol. The van der Waals surface area contributed by atoms with Crippen LogP contribution in [0.1, 0.15) is 26.2 Å². The van der Waals surface area contributed by atoms with Gasteiger partial charge in [0.1, 0.15) is 11.6 Å². The van der Waals surface area contributed by atoms with Crippen LogP contribution >= 0.6 is 11.8 Å². The van der Waals surface area contributed by atoms with Gasteiger partial charge in [-0.05, 0) is 51.6 Å². The number of nitrogens with zero attached hydrogens (tertiary/aromatic N) is 3. The Kier molecular flexibility index (Phi) is 6.57. The van der Waals surface area contributed by atoms with E-state index in [4.69, 9.17) is 0 Å². The van der Waals surface area contributed by atoms with Crippen molar-refractivity contribution in [1.29, 1.82) is 0 Å². The number of thioether (sulfide) groups is 1. The summed E-state index contributed by atoms with van der Waals surface area (Å²) in [5, 5.41) is 7.66. The highest BCUT2D eigenvalue weighted by atomic mass is 32.2. The summed E-state index contributed by atoms with van der Waals surface area (Å²) in [7, 11) is 2.20. The Morgan fingerprint density at radius 1 is 1.24 bits per heavy atom. The molecule has 2 N–H and O–H groups in total. The van der Waals surface area contributed by atoms with Crippen molar-refractivity contribution in [3.63, 3.8) is 0 Å². The number of likely N-dealkylation sites (tertiary alicyclic amines) is 1. The molecule has 0 amide bonds. The van der Waals surface area contributed by atoms with E-state index in [-0.39, 0.29) is 0 Å². The number of nitrogens with one attached hydrogen (secondary N) is 2. The first-order valence-electron chi connectivity index (χ1n) is 7.80. The number of hydrogen-bond acceptors (Lipinski definition) is 6. The van der Waals surface area contributed by atoms with Gasteiger partial charge in [0.25, 0.3) is 0 Å². The van der Waals surface area contributed by atoms with E-state index in [0.717, 1.165) is 42.2 Å². The van der Waals surface area contributed by atoms with Gasteiger partial charge in [-0.2, -0.15) is 0 Å². The quantitative estimate of drug-likeness (QED) is 0.597. The monoisotopic (exact) mass is 309 g/mol. The molecule has 2 rings (SSSR count). The van der Waals surface area contributed by atoms with Gasteiger partial charge in [0.15, 0.2) is 5.16 Å². The SMILES string of the molecule is CCCNc1cc(NCC2CCN(C)CC2)nc(SC)n1. The molecule has 0 aliphatic carbocycles. The van der Waals surface area contributed by atoms with Crippen molar-refractivity contribution in [2.75, 3.05) is 50.1 Å². The lowest BCUT2D eigenvalue weighted by Crippen LogP contribution is -2.33. The van der Waals surface area contributed by atoms with Crippen LogP contribution in [0.5, 0.6) is 0 Å². The van der Waals surface area contributed by atoms with Crippen LogP contribution in [0.25, 0.3) is 0 Å². The Labute approximate surface area is 132 Å². The van der Waals surface area contributed by atoms with E-state index < -0.39 is 0 Å². The molecule has 0 spiro atoms. The highest BCUT2D eigenvalue weighted by molar-refractivity contribution is 7.98. The standard InChI is InChI=1S/C15H27N5S/c1-4-7-16-13-10-14(19-15(18-13)21-3)17-11-12-5-8-20(2)9-6-12/h10,12H,4-9,11H2,1-3H3,(H2,16,17,18,19). The molecular weight excluding hydrogens is 282 g/mol. The third-order valence-corrected chi connectivity index (χ3v) is 4.40. The Morgan fingerprint density at radius 3 is 2.52 bits per heavy atom. The first-order chi connectivity index (χ1) is 10.2. The molecule has 118 valence electrons. The fraction of sp³-hybridized carbons (Fsp3) is 0.733. The van der Waals surface area contributed by atoms with Gasteiger partial charge in [-0.25, -0.2) is 9.97 Å². The van der Waals surface area contributed by atoms with Gasteiger partial charge >= 0.3 is 0 Å². The molecule has 0 unspecified atom stereocenters. The van der Waals surface area contributed by atoms with E-state index in [1.165, 1.54) is 25.9 Å². The molecule has 0 bridgehead atoms. The Balaban J connectivity index is 1.91. The van der Waals surface area contributed by atoms with Gasteiger partial charge in [0.05, 0.1) is 0 Å². The van der Waals surface area contributed by atoms with Crippen molar-refractivity contribution >= 4 is 23.4 Å². The average Bonchev–Trinajstić information content (AvgIpc) is 2.52. The van der Waals surface area contributed by atoms with Gasteiger partial charge in [-0.3, -0.25) is 0 Å². The first-order valence-corrected chi connectivity index (χ1v) is 9.03. The Bertz CT molecular complexity index is 432. The Hall–Kier alpha value is -1.01. The van der Waals surface area contributed by atoms with Crippen molar-refractivity contribution < 1.29 is 0 Å². The zero-order valence-corrected chi connectivity index (χ0v) is 14.2. The van der Waals surface area contributed by atoms with Crippen molar-refractivity contribution in [2.45, 2.75) is 31.3 Å². The second-order valence-electron chi connectivity index (χ2n) is 5.68. The van der Waals surface area contributed by atoms with Gasteiger partial charge in [-0.1, -0.05) is 18.7 Å². The zero-order valence-electron chi connectivity index (χ0n) is 13.4. The van der Waals surface area contributed by atoms with Crippen molar-refractivity contribution in [3.05, 3.63) is 6.07 Å². The lowest BCUT2D eigenvalue weighted by atomic mass is 9.97. The van der Waals surface area contributed by atoms with Crippen LogP contribution in [0.4, 0.5) is 11.6 Å². The van der Waals surface area contributed by atoms with E-state index >= 15 is 0 Å². The number of hydrogen-bond donors (Lipinski definition) is 2. The molecule has 0 radical (unpaired) electrons. The molecule has 0 aromatic carbocycles. The van der Waals surface area contributed by atoms with Crippen LogP contribution in [0, 0.1) is 5.92 Å². The summed E-state index contributed by atoms with van der Waals surface area (Å²) in [5.41, 5.74) is 0. The van der Waals surface area contributed by atoms with Crippen LogP contribution in [-0.4, -0.2) is 54.4 Å². The van der Waals surface area contributed by atoms with E-state index in [1.807, 2.05) is 12.3 Å². The molecular formula is C15H27N5S. The molecule has 2 heterocycles. The van der Waals surface area contributed by atoms with Crippen LogP contribution in [0.2, 0.25) is 0 Å². The zero-order chi connectivity index (χ0) is 15.1. The molecule has 1 fully saturated rings. The van der Waals surface area contributed by atoms with Crippen molar-refractivity contribution in [3.8, 4) is 0 Å². The van der Waals surface area contributed by atoms with E-state index in [9.17, 15) is 0 Å². The highest BCUT2D eigenvalue weighted by Crippen LogP contribution is 2.20. The summed E-state index contributed by atoms with van der Waals surface area (Å²) in [6.07, 6.45) is 5.65. The second-order valence-corrected chi connectivity index (χ2v) is 6.45. The van der Waals surface area contributed by atoms with Crippen LogP contribution in [0.3, 0.4) is 0 Å². The Morgan fingerprint density at radius 2 is 1.90 bits per heavy atom. The largest absolute Gasteiger partial charge is 0.370 e. The molecule has 1 aromatic rings. The van der Waals surface area contributed by atoms with Gasteiger partial charge in [-0.15, -0.1) is 0 Å². The minimum Gasteiger partial charge on any atom is -0.370 e. The van der Waals surface area contributed by atoms with Gasteiger partial charge in [0.2, 0.25) is 0 Å². The topological polar surface area (TPSA) is 53.1 Å². The van der Waals surface area contributed by atoms with Crippen LogP contribution in [-0.2, 0) is 0 Å². The molecule has 1 aliphatic rings. The summed E-state index contributed by atoms with van der Waals surface area (Å²) in [5.74, 6) is 2.61. The smallest absolute Gasteiger partial charge is 0.191 e. The van der Waals surface area contributed by atoms with Gasteiger partial charge in [0, 0.05) is 19.2 Å². The maximum Gasteiger partial charge on any atom is 0.191 e. The fourth-order valence-corrected chi connectivity index (χ4v) is 2.84. The summed E-state index contributed by atoms with van der Waals surface area (Å²) in [6, 6.07) is 2.02. The molecule has 0 saturated carbocycles. The summed E-state index contributed by atoms with van der Waals surface area (Å²) in [4.78, 5) is 11.4. The van der Waals surface area contributed by atoms with E-state index in [2.05, 4.69) is 39.5 Å². The molecule has 5 nitrogen and oxygen atoms in total. The van der Waals surface area contributed by atoms with E-state index in [1.54, 1.807) is 11.8 Å². The van der Waals surface area contributed by atoms with Gasteiger partial charge < -0.3 is 15.5 Å². The third kappa shape index (κ3) is 5.36. The number of anilines is 2. The maximum atomic E-state index is 4.55. The number of aromatic nitrogens is 2. The second kappa shape index (κ2) is 8.44. The van der Waals surface area contributed by atoms with Crippen molar-refractivity contribution in [1.82, 2.24) is 14.9 Å². The molecule has 21 heavy (non-hydrogen) atoms. The normalized spacial score (nSPS) is 16.9. The third-order valence-electron chi connectivity index (χ3n) is 3.85. The molecule has 6 heteroatoms. The predicted octanol–water partition coefficient (Wildman–Crippen LogP) is 2.77. The van der Waals surface area contributed by atoms with Crippen molar-refractivity contribution in [2.24, 2.45) is 5.92 Å². The first kappa shape index (κ1) is 16.4. The molecule has 1 saturated heterocycles. The maximum absolute atomic E-state index is 4.55. The lowest BCUT2D eigenvalue weighted by molar-refractivity contribution is 0.226. The average molecular weight is 309 g/mol. The van der Waals surface area contributed by atoms with Crippen LogP contribution < -0.4 is 10.6 Å². The summed E-state index contributed by atoms with van der Waals surface area (Å²) in [6.45, 7) is 6.51. The molecule has 1 aromatic heterocycles. The molecule has 0 atom stereocenters.